The maximum Gasteiger partial charge on any atom is 0.224 e. The van der Waals surface area contributed by atoms with E-state index in [1.54, 1.807) is 11.3 Å². The molecule has 6 aromatic rings. The van der Waals surface area contributed by atoms with Crippen molar-refractivity contribution in [3.05, 3.63) is 79.9 Å². The van der Waals surface area contributed by atoms with E-state index in [4.69, 9.17) is 4.42 Å². The first-order chi connectivity index (χ1) is 17.9. The lowest BCUT2D eigenvalue weighted by Gasteiger charge is -2.07. The van der Waals surface area contributed by atoms with Gasteiger partial charge in [0.05, 0.1) is 0 Å². The van der Waals surface area contributed by atoms with Crippen LogP contribution in [0.1, 0.15) is 19.3 Å². The Kier molecular flexibility index (Phi) is 6.80. The second kappa shape index (κ2) is 10.2. The third kappa shape index (κ3) is 5.06. The number of carbonyl (C=O) groups is 2. The van der Waals surface area contributed by atoms with Gasteiger partial charge in [0.25, 0.3) is 0 Å². The number of thiophene rings is 1. The zero-order valence-electron chi connectivity index (χ0n) is 19.4. The van der Waals surface area contributed by atoms with Crippen LogP contribution in [0, 0.1) is 7.14 Å². The molecule has 0 unspecified atom stereocenters. The summed E-state index contributed by atoms with van der Waals surface area (Å²) in [5.41, 5.74) is 3.01. The number of fused-ring (bicyclic) bond motifs is 6. The summed E-state index contributed by atoms with van der Waals surface area (Å²) in [4.78, 5) is 25.0. The third-order valence-corrected chi connectivity index (χ3v) is 9.29. The molecule has 0 saturated heterocycles. The maximum absolute atomic E-state index is 12.5. The lowest BCUT2D eigenvalue weighted by Crippen LogP contribution is -2.14. The van der Waals surface area contributed by atoms with Gasteiger partial charge >= 0.3 is 0 Å². The minimum atomic E-state index is -0.126. The second-order valence-electron chi connectivity index (χ2n) is 8.84. The molecule has 0 atom stereocenters. The first-order valence-corrected chi connectivity index (χ1v) is 14.7. The van der Waals surface area contributed by atoms with Gasteiger partial charge in [0.1, 0.15) is 11.2 Å². The first kappa shape index (κ1) is 24.6. The molecule has 0 aliphatic carbocycles. The smallest absolute Gasteiger partial charge is 0.224 e. The number of para-hydroxylation sites is 1. The van der Waals surface area contributed by atoms with Crippen molar-refractivity contribution in [2.45, 2.75) is 19.3 Å². The summed E-state index contributed by atoms with van der Waals surface area (Å²) in [5, 5.41) is 10.4. The highest BCUT2D eigenvalue weighted by molar-refractivity contribution is 14.1. The Morgan fingerprint density at radius 2 is 1.41 bits per heavy atom. The van der Waals surface area contributed by atoms with E-state index < -0.39 is 0 Å². The summed E-state index contributed by atoms with van der Waals surface area (Å²) < 4.78 is 10.8. The lowest BCUT2D eigenvalue weighted by atomic mass is 10.1. The summed E-state index contributed by atoms with van der Waals surface area (Å²) in [6.07, 6.45) is 1.00. The van der Waals surface area contributed by atoms with Crippen molar-refractivity contribution in [2.75, 3.05) is 10.6 Å². The van der Waals surface area contributed by atoms with Gasteiger partial charge in [-0.3, -0.25) is 9.59 Å². The molecular weight excluding hydrogens is 710 g/mol. The van der Waals surface area contributed by atoms with Crippen molar-refractivity contribution in [1.82, 2.24) is 0 Å². The van der Waals surface area contributed by atoms with Crippen LogP contribution >= 0.6 is 56.5 Å². The highest BCUT2D eigenvalue weighted by Crippen LogP contribution is 2.38. The predicted molar refractivity (Wildman–Crippen MR) is 170 cm³/mol. The maximum atomic E-state index is 12.5. The number of furan rings is 1. The van der Waals surface area contributed by atoms with Gasteiger partial charge in [0.2, 0.25) is 11.8 Å². The molecule has 0 aliphatic heterocycles. The van der Waals surface area contributed by atoms with E-state index in [9.17, 15) is 9.59 Å². The second-order valence-corrected chi connectivity index (χ2v) is 12.3. The molecule has 6 rings (SSSR count). The minimum absolute atomic E-state index is 0.0962. The number of nitrogens with one attached hydrogen (secondary N) is 2. The van der Waals surface area contributed by atoms with E-state index in [2.05, 4.69) is 74.0 Å². The van der Waals surface area contributed by atoms with Crippen molar-refractivity contribution in [3.63, 3.8) is 0 Å². The Hall–Kier alpha value is -2.70. The van der Waals surface area contributed by atoms with E-state index in [0.29, 0.717) is 12.1 Å². The third-order valence-electron chi connectivity index (χ3n) is 6.25. The van der Waals surface area contributed by atoms with Gasteiger partial charge in [-0.2, -0.15) is 0 Å². The van der Waals surface area contributed by atoms with Crippen molar-refractivity contribution in [1.29, 1.82) is 0 Å². The molecule has 2 N–H and O–H groups in total. The topological polar surface area (TPSA) is 71.3 Å². The average molecular weight is 730 g/mol. The van der Waals surface area contributed by atoms with E-state index in [1.807, 2.05) is 54.6 Å². The Labute approximate surface area is 243 Å². The van der Waals surface area contributed by atoms with Crippen LogP contribution in [-0.4, -0.2) is 11.8 Å². The summed E-state index contributed by atoms with van der Waals surface area (Å²) in [6, 6.07) is 24.0. The van der Waals surface area contributed by atoms with Crippen LogP contribution in [0.5, 0.6) is 0 Å². The quantitative estimate of drug-likeness (QED) is 0.168. The van der Waals surface area contributed by atoms with Crippen LogP contribution in [0.25, 0.3) is 42.1 Å². The number of benzene rings is 4. The summed E-state index contributed by atoms with van der Waals surface area (Å²) in [5.74, 6) is -0.222. The van der Waals surface area contributed by atoms with Crippen LogP contribution in [-0.2, 0) is 9.59 Å². The molecule has 0 aliphatic rings. The summed E-state index contributed by atoms with van der Waals surface area (Å²) in [6.45, 7) is 0. The Morgan fingerprint density at radius 3 is 2.19 bits per heavy atom. The van der Waals surface area contributed by atoms with Gasteiger partial charge in [-0.25, -0.2) is 0 Å². The van der Waals surface area contributed by atoms with Gasteiger partial charge in [-0.05, 0) is 94.1 Å². The van der Waals surface area contributed by atoms with Crippen LogP contribution in [0.3, 0.4) is 0 Å². The van der Waals surface area contributed by atoms with E-state index in [0.717, 1.165) is 32.3 Å². The average Bonchev–Trinajstić information content (AvgIpc) is 3.41. The first-order valence-electron chi connectivity index (χ1n) is 11.8. The molecular formula is C29H20I2N2O3S. The molecule has 0 bridgehead atoms. The predicted octanol–water partition coefficient (Wildman–Crippen LogP) is 8.91. The largest absolute Gasteiger partial charge is 0.456 e. The minimum Gasteiger partial charge on any atom is -0.456 e. The van der Waals surface area contributed by atoms with E-state index in [1.165, 1.54) is 22.6 Å². The van der Waals surface area contributed by atoms with Gasteiger partial charge in [-0.1, -0.05) is 24.3 Å². The standard InChI is InChI=1S/C29H20I2N2O3S/c30-16-12-22-21-11-9-18(15-26(21)37-29(22)23(31)13-16)33-28(35)7-3-6-27(34)32-17-8-10-20-19-4-1-2-5-24(19)36-25(20)14-17/h1-2,4-5,8-15H,3,6-7H2,(H,32,34)(H,33,35). The summed E-state index contributed by atoms with van der Waals surface area (Å²) in [7, 11) is 0. The Bertz CT molecular complexity index is 1840. The molecule has 0 radical (unpaired) electrons. The molecule has 184 valence electrons. The molecule has 0 saturated carbocycles. The highest BCUT2D eigenvalue weighted by Gasteiger charge is 2.12. The van der Waals surface area contributed by atoms with E-state index in [-0.39, 0.29) is 24.7 Å². The van der Waals surface area contributed by atoms with Crippen LogP contribution in [0.2, 0.25) is 0 Å². The van der Waals surface area contributed by atoms with Gasteiger partial charge < -0.3 is 15.1 Å². The fourth-order valence-corrected chi connectivity index (χ4v) is 7.85. The van der Waals surface area contributed by atoms with Crippen molar-refractivity contribution >= 4 is 122 Å². The van der Waals surface area contributed by atoms with E-state index >= 15 is 0 Å². The van der Waals surface area contributed by atoms with Crippen LogP contribution < -0.4 is 10.6 Å². The number of rotatable bonds is 6. The molecule has 0 fully saturated rings. The molecule has 2 heterocycles. The number of halogens is 2. The number of amides is 2. The Balaban J connectivity index is 1.05. The number of hydrogen-bond acceptors (Lipinski definition) is 4. The zero-order chi connectivity index (χ0) is 25.5. The van der Waals surface area contributed by atoms with Crippen molar-refractivity contribution in [2.24, 2.45) is 0 Å². The Morgan fingerprint density at radius 1 is 0.730 bits per heavy atom. The molecule has 5 nitrogen and oxygen atoms in total. The molecule has 4 aromatic carbocycles. The summed E-state index contributed by atoms with van der Waals surface area (Å²) >= 11 is 6.47. The highest BCUT2D eigenvalue weighted by atomic mass is 127. The normalized spacial score (nSPS) is 11.5. The fourth-order valence-electron chi connectivity index (χ4n) is 4.54. The number of carbonyl (C=O) groups excluding carboxylic acids is 2. The molecule has 8 heteroatoms. The van der Waals surface area contributed by atoms with Gasteiger partial charge in [0, 0.05) is 68.4 Å². The molecule has 0 spiro atoms. The van der Waals surface area contributed by atoms with Crippen molar-refractivity contribution in [3.8, 4) is 0 Å². The fraction of sp³-hybridized carbons (Fsp3) is 0.103. The van der Waals surface area contributed by atoms with Crippen LogP contribution in [0.15, 0.2) is 77.2 Å². The number of anilines is 2. The molecule has 2 aromatic heterocycles. The molecule has 2 amide bonds. The van der Waals surface area contributed by atoms with Gasteiger partial charge in [0.15, 0.2) is 0 Å². The monoisotopic (exact) mass is 730 g/mol. The SMILES string of the molecule is O=C(CCCC(=O)Nc1ccc2c(c1)sc1c(I)cc(I)cc12)Nc1ccc2c(c1)oc1ccccc12. The van der Waals surface area contributed by atoms with Crippen LogP contribution in [0.4, 0.5) is 11.4 Å². The zero-order valence-corrected chi connectivity index (χ0v) is 24.6. The van der Waals surface area contributed by atoms with Gasteiger partial charge in [-0.15, -0.1) is 11.3 Å². The molecule has 37 heavy (non-hydrogen) atoms. The lowest BCUT2D eigenvalue weighted by molar-refractivity contribution is -0.117. The van der Waals surface area contributed by atoms with Crippen molar-refractivity contribution < 1.29 is 14.0 Å². The number of hydrogen-bond donors (Lipinski definition) is 2.